The molecule has 0 bridgehead atoms. The van der Waals surface area contributed by atoms with Crippen molar-refractivity contribution in [1.82, 2.24) is 19.9 Å². The quantitative estimate of drug-likeness (QED) is 0.263. The summed E-state index contributed by atoms with van der Waals surface area (Å²) in [5.74, 6) is -0.841. The number of nitrogens with zero attached hydrogens (tertiary/aromatic N) is 5. The maximum atomic E-state index is 16.7. The molecule has 0 radical (unpaired) electrons. The normalized spacial score (nSPS) is 26.5. The summed E-state index contributed by atoms with van der Waals surface area (Å²) in [6.07, 6.45) is -0.0343. The van der Waals surface area contributed by atoms with Gasteiger partial charge in [-0.05, 0) is 57.2 Å². The molecule has 234 valence electrons. The molecule has 5 heterocycles. The number of benzene rings is 1. The molecule has 0 amide bonds. The number of ether oxygens (including phenoxy) is 2. The number of alkyl halides is 4. The molecule has 2 saturated heterocycles. The van der Waals surface area contributed by atoms with Crippen molar-refractivity contribution in [2.24, 2.45) is 0 Å². The zero-order chi connectivity index (χ0) is 30.8. The largest absolute Gasteiger partial charge is 0.470 e. The lowest BCUT2D eigenvalue weighted by Gasteiger charge is -2.36. The third-order valence-corrected chi connectivity index (χ3v) is 10.5. The van der Waals surface area contributed by atoms with E-state index < -0.39 is 51.1 Å². The molecule has 1 aromatic carbocycles. The number of rotatable bonds is 4. The van der Waals surface area contributed by atoms with Crippen LogP contribution in [0.2, 0.25) is 5.02 Å². The van der Waals surface area contributed by atoms with E-state index in [1.54, 1.807) is 0 Å². The van der Waals surface area contributed by atoms with Crippen molar-refractivity contribution >= 4 is 34.0 Å². The minimum Gasteiger partial charge on any atom is -0.470 e. The van der Waals surface area contributed by atoms with Crippen LogP contribution in [0.4, 0.5) is 33.5 Å². The molecule has 5 aliphatic rings. The topological polar surface area (TPSA) is 89.6 Å². The first kappa shape index (κ1) is 28.3. The van der Waals surface area contributed by atoms with Gasteiger partial charge < -0.3 is 20.1 Å². The van der Waals surface area contributed by atoms with Gasteiger partial charge in [-0.2, -0.15) is 23.1 Å². The summed E-state index contributed by atoms with van der Waals surface area (Å²) in [5.41, 5.74) is 1.65. The molecular formula is C30H30ClF5N6O2. The maximum absolute atomic E-state index is 16.7. The van der Waals surface area contributed by atoms with E-state index in [-0.39, 0.29) is 40.6 Å². The van der Waals surface area contributed by atoms with E-state index in [2.05, 4.69) is 14.9 Å². The molecular weight excluding hydrogens is 607 g/mol. The van der Waals surface area contributed by atoms with Crippen molar-refractivity contribution in [3.63, 3.8) is 0 Å². The van der Waals surface area contributed by atoms with Crippen molar-refractivity contribution in [1.29, 1.82) is 0 Å². The van der Waals surface area contributed by atoms with Crippen LogP contribution < -0.4 is 20.1 Å². The molecule has 2 atom stereocenters. The Morgan fingerprint density at radius 3 is 2.61 bits per heavy atom. The van der Waals surface area contributed by atoms with Crippen LogP contribution in [0.3, 0.4) is 0 Å². The molecule has 2 saturated carbocycles. The summed E-state index contributed by atoms with van der Waals surface area (Å²) in [5, 5.41) is -0.519. The third-order valence-electron chi connectivity index (χ3n) is 10.2. The number of anilines is 2. The zero-order valence-electron chi connectivity index (χ0n) is 23.9. The molecule has 2 aromatic heterocycles. The maximum Gasteiger partial charge on any atom is 0.418 e. The lowest BCUT2D eigenvalue weighted by atomic mass is 9.95. The van der Waals surface area contributed by atoms with Crippen molar-refractivity contribution in [3.8, 4) is 23.1 Å². The Hall–Kier alpha value is -3.19. The van der Waals surface area contributed by atoms with Gasteiger partial charge in [0, 0.05) is 43.2 Å². The molecule has 4 fully saturated rings. The second-order valence-corrected chi connectivity index (χ2v) is 13.6. The molecule has 2 N–H and O–H groups in total. The van der Waals surface area contributed by atoms with Gasteiger partial charge >= 0.3 is 12.2 Å². The predicted molar refractivity (Wildman–Crippen MR) is 153 cm³/mol. The Bertz CT molecular complexity index is 1710. The molecule has 14 heteroatoms. The monoisotopic (exact) mass is 636 g/mol. The Labute approximate surface area is 254 Å². The summed E-state index contributed by atoms with van der Waals surface area (Å²) >= 11 is 6.03. The lowest BCUT2D eigenvalue weighted by Crippen LogP contribution is -2.44. The van der Waals surface area contributed by atoms with Crippen LogP contribution in [0, 0.1) is 5.82 Å². The fourth-order valence-corrected chi connectivity index (χ4v) is 8.01. The van der Waals surface area contributed by atoms with Gasteiger partial charge in [-0.15, -0.1) is 0 Å². The first-order valence-corrected chi connectivity index (χ1v) is 15.2. The van der Waals surface area contributed by atoms with E-state index in [0.29, 0.717) is 25.2 Å². The molecule has 8 nitrogen and oxygen atoms in total. The zero-order valence-corrected chi connectivity index (χ0v) is 24.7. The van der Waals surface area contributed by atoms with Gasteiger partial charge in [0.1, 0.15) is 40.8 Å². The Balaban J connectivity index is 1.33. The highest BCUT2D eigenvalue weighted by Crippen LogP contribution is 2.59. The van der Waals surface area contributed by atoms with Gasteiger partial charge in [-0.25, -0.2) is 13.8 Å². The Morgan fingerprint density at radius 2 is 1.91 bits per heavy atom. The number of nitrogens with two attached hydrogens (primary N) is 1. The predicted octanol–water partition coefficient (Wildman–Crippen LogP) is 6.32. The average Bonchev–Trinajstić information content (AvgIpc) is 3.83. The minimum absolute atomic E-state index is 0.0545. The summed E-state index contributed by atoms with van der Waals surface area (Å²) in [7, 11) is 1.87. The number of nitrogen functional groups attached to an aromatic ring is 1. The van der Waals surface area contributed by atoms with E-state index in [1.807, 2.05) is 11.9 Å². The van der Waals surface area contributed by atoms with Crippen molar-refractivity contribution in [2.45, 2.75) is 80.4 Å². The molecule has 44 heavy (non-hydrogen) atoms. The number of fused-ring (bicyclic) bond motifs is 1. The van der Waals surface area contributed by atoms with E-state index >= 15 is 4.39 Å². The Kier molecular flexibility index (Phi) is 5.90. The number of hydrogen-bond acceptors (Lipinski definition) is 8. The molecule has 2 spiro atoms. The second-order valence-electron chi connectivity index (χ2n) is 13.2. The van der Waals surface area contributed by atoms with Crippen LogP contribution in [0.25, 0.3) is 22.2 Å². The van der Waals surface area contributed by atoms with Gasteiger partial charge in [0.05, 0.1) is 16.1 Å². The van der Waals surface area contributed by atoms with Gasteiger partial charge in [0.15, 0.2) is 5.82 Å². The fraction of sp³-hybridized carbons (Fsp3) is 0.567. The smallest absolute Gasteiger partial charge is 0.418 e. The second kappa shape index (κ2) is 9.18. The van der Waals surface area contributed by atoms with Crippen molar-refractivity contribution in [2.75, 3.05) is 37.4 Å². The first-order chi connectivity index (χ1) is 20.8. The average molecular weight is 637 g/mol. The molecule has 3 aliphatic heterocycles. The Morgan fingerprint density at radius 1 is 1.14 bits per heavy atom. The summed E-state index contributed by atoms with van der Waals surface area (Å²) in [6.45, 7) is 1.19. The number of pyridine rings is 1. The highest BCUT2D eigenvalue weighted by molar-refractivity contribution is 6.32. The number of halogens is 6. The lowest BCUT2D eigenvalue weighted by molar-refractivity contribution is -0.137. The minimum atomic E-state index is -4.93. The van der Waals surface area contributed by atoms with Crippen molar-refractivity contribution < 1.29 is 31.4 Å². The number of hydrogen-bond donors (Lipinski definition) is 1. The van der Waals surface area contributed by atoms with Gasteiger partial charge in [0.2, 0.25) is 5.88 Å². The SMILES string of the molecule is CN1c2nc(OC[C@@]34CCCN3C[C@H](F)C4)nc3c(F)c(-c4cc(N)cc(Cl)c4C(F)(F)F)nc(c23)OC2(CC2)CC12CC2. The highest BCUT2D eigenvalue weighted by Gasteiger charge is 2.60. The van der Waals surface area contributed by atoms with E-state index in [9.17, 15) is 17.6 Å². The molecule has 2 aliphatic carbocycles. The summed E-state index contributed by atoms with van der Waals surface area (Å²) < 4.78 is 86.5. The van der Waals surface area contributed by atoms with Crippen LogP contribution in [0.5, 0.6) is 11.9 Å². The van der Waals surface area contributed by atoms with Crippen molar-refractivity contribution in [3.05, 3.63) is 28.5 Å². The van der Waals surface area contributed by atoms with Crippen LogP contribution in [-0.4, -0.2) is 69.4 Å². The van der Waals surface area contributed by atoms with E-state index in [1.165, 1.54) is 0 Å². The fourth-order valence-electron chi connectivity index (χ4n) is 7.67. The van der Waals surface area contributed by atoms with Gasteiger partial charge in [-0.3, -0.25) is 4.90 Å². The van der Waals surface area contributed by atoms with Crippen LogP contribution >= 0.6 is 11.6 Å². The van der Waals surface area contributed by atoms with Gasteiger partial charge in [-0.1, -0.05) is 11.6 Å². The van der Waals surface area contributed by atoms with Crippen LogP contribution in [0.1, 0.15) is 56.9 Å². The number of aromatic nitrogens is 3. The summed E-state index contributed by atoms with van der Waals surface area (Å²) in [4.78, 5) is 17.6. The van der Waals surface area contributed by atoms with E-state index in [0.717, 1.165) is 57.2 Å². The summed E-state index contributed by atoms with van der Waals surface area (Å²) in [6, 6.07) is 1.82. The third kappa shape index (κ3) is 4.28. The molecule has 0 unspecified atom stereocenters. The molecule has 3 aromatic rings. The van der Waals surface area contributed by atoms with Gasteiger partial charge in [0.25, 0.3) is 0 Å². The van der Waals surface area contributed by atoms with E-state index in [4.69, 9.17) is 31.8 Å². The standard InChI is InChI=1S/C30H30ClF5N6O2/c1-41-24-19-23(39-26(40-24)43-14-28-3-2-8-42(28)12-15(32)11-28)21(33)22(17-9-16(37)10-18(31)20(17)30(34,35)36)38-25(19)44-29(6-7-29)13-27(41)4-5-27/h9-10,15H,2-8,11-14,37H2,1H3/t15-,28+/m1/s1. The molecule has 8 rings (SSSR count). The highest BCUT2D eigenvalue weighted by atomic mass is 35.5. The van der Waals surface area contributed by atoms with Crippen LogP contribution in [0.15, 0.2) is 12.1 Å². The van der Waals surface area contributed by atoms with Crippen LogP contribution in [-0.2, 0) is 6.18 Å². The first-order valence-electron chi connectivity index (χ1n) is 14.8.